The fourth-order valence-corrected chi connectivity index (χ4v) is 2.79. The second kappa shape index (κ2) is 6.29. The Kier molecular flexibility index (Phi) is 4.21. The van der Waals surface area contributed by atoms with Crippen LogP contribution in [0.2, 0.25) is 5.15 Å². The Balaban J connectivity index is 2.00. The Labute approximate surface area is 135 Å². The molecule has 0 fully saturated rings. The van der Waals surface area contributed by atoms with Gasteiger partial charge < -0.3 is 0 Å². The highest BCUT2D eigenvalue weighted by molar-refractivity contribution is 6.30. The smallest absolute Gasteiger partial charge is 0.161 e. The number of benzene rings is 2. The SMILES string of the molecule is Cc1ccccc1-c1nc(C)c(Cc2ccccc2)c(Cl)n1. The van der Waals surface area contributed by atoms with E-state index in [4.69, 9.17) is 11.6 Å². The largest absolute Gasteiger partial charge is 0.233 e. The molecule has 3 rings (SSSR count). The minimum Gasteiger partial charge on any atom is -0.233 e. The summed E-state index contributed by atoms with van der Waals surface area (Å²) in [6.07, 6.45) is 0.750. The van der Waals surface area contributed by atoms with Gasteiger partial charge in [-0.3, -0.25) is 0 Å². The Morgan fingerprint density at radius 3 is 2.23 bits per heavy atom. The number of hydrogen-bond donors (Lipinski definition) is 0. The van der Waals surface area contributed by atoms with Crippen molar-refractivity contribution >= 4 is 11.6 Å². The molecule has 1 heterocycles. The van der Waals surface area contributed by atoms with Crippen molar-refractivity contribution in [2.24, 2.45) is 0 Å². The highest BCUT2D eigenvalue weighted by Gasteiger charge is 2.13. The lowest BCUT2D eigenvalue weighted by Gasteiger charge is -2.11. The average molecular weight is 309 g/mol. The van der Waals surface area contributed by atoms with Crippen molar-refractivity contribution in [3.8, 4) is 11.4 Å². The third kappa shape index (κ3) is 3.02. The van der Waals surface area contributed by atoms with Gasteiger partial charge in [0, 0.05) is 23.2 Å². The molecule has 0 bridgehead atoms. The van der Waals surface area contributed by atoms with Crippen molar-refractivity contribution in [1.82, 2.24) is 9.97 Å². The van der Waals surface area contributed by atoms with Gasteiger partial charge in [0.25, 0.3) is 0 Å². The van der Waals surface area contributed by atoms with Crippen LogP contribution in [0.15, 0.2) is 54.6 Å². The highest BCUT2D eigenvalue weighted by atomic mass is 35.5. The monoisotopic (exact) mass is 308 g/mol. The minimum absolute atomic E-state index is 0.537. The van der Waals surface area contributed by atoms with Crippen LogP contribution in [-0.4, -0.2) is 9.97 Å². The lowest BCUT2D eigenvalue weighted by Crippen LogP contribution is -2.02. The van der Waals surface area contributed by atoms with Gasteiger partial charge in [0.05, 0.1) is 0 Å². The van der Waals surface area contributed by atoms with Crippen LogP contribution in [-0.2, 0) is 6.42 Å². The van der Waals surface area contributed by atoms with E-state index in [0.29, 0.717) is 11.0 Å². The van der Waals surface area contributed by atoms with E-state index in [0.717, 1.165) is 28.8 Å². The van der Waals surface area contributed by atoms with Crippen LogP contribution in [0.4, 0.5) is 0 Å². The van der Waals surface area contributed by atoms with Gasteiger partial charge in [-0.25, -0.2) is 9.97 Å². The van der Waals surface area contributed by atoms with Gasteiger partial charge >= 0.3 is 0 Å². The first-order chi connectivity index (χ1) is 10.6. The van der Waals surface area contributed by atoms with Crippen molar-refractivity contribution in [3.63, 3.8) is 0 Å². The zero-order valence-electron chi connectivity index (χ0n) is 12.7. The summed E-state index contributed by atoms with van der Waals surface area (Å²) < 4.78 is 0. The molecule has 2 aromatic carbocycles. The van der Waals surface area contributed by atoms with Gasteiger partial charge in [-0.05, 0) is 25.0 Å². The van der Waals surface area contributed by atoms with E-state index in [1.807, 2.05) is 43.3 Å². The maximum absolute atomic E-state index is 6.44. The van der Waals surface area contributed by atoms with Crippen molar-refractivity contribution in [3.05, 3.63) is 82.1 Å². The van der Waals surface area contributed by atoms with Crippen LogP contribution < -0.4 is 0 Å². The lowest BCUT2D eigenvalue weighted by molar-refractivity contribution is 1.02. The summed E-state index contributed by atoms with van der Waals surface area (Å²) in [5.41, 5.74) is 5.31. The molecule has 0 saturated heterocycles. The first-order valence-electron chi connectivity index (χ1n) is 7.28. The van der Waals surface area contributed by atoms with Gasteiger partial charge in [0.15, 0.2) is 5.82 Å². The molecule has 110 valence electrons. The fourth-order valence-electron chi connectivity index (χ4n) is 2.51. The van der Waals surface area contributed by atoms with Crippen LogP contribution in [0.5, 0.6) is 0 Å². The number of hydrogen-bond acceptors (Lipinski definition) is 2. The van der Waals surface area contributed by atoms with E-state index >= 15 is 0 Å². The summed E-state index contributed by atoms with van der Waals surface area (Å²) in [6, 6.07) is 18.3. The van der Waals surface area contributed by atoms with E-state index in [2.05, 4.69) is 35.1 Å². The van der Waals surface area contributed by atoms with Gasteiger partial charge in [0.2, 0.25) is 0 Å². The van der Waals surface area contributed by atoms with Crippen molar-refractivity contribution in [2.75, 3.05) is 0 Å². The van der Waals surface area contributed by atoms with Crippen LogP contribution in [0.1, 0.15) is 22.4 Å². The van der Waals surface area contributed by atoms with E-state index in [9.17, 15) is 0 Å². The third-order valence-electron chi connectivity index (χ3n) is 3.77. The summed E-state index contributed by atoms with van der Waals surface area (Å²) in [5, 5.41) is 0.537. The molecule has 0 saturated carbocycles. The van der Waals surface area contributed by atoms with E-state index in [-0.39, 0.29) is 0 Å². The molecule has 0 atom stereocenters. The fraction of sp³-hybridized carbons (Fsp3) is 0.158. The first kappa shape index (κ1) is 14.7. The quantitative estimate of drug-likeness (QED) is 0.636. The summed E-state index contributed by atoms with van der Waals surface area (Å²) in [5.74, 6) is 0.692. The Bertz CT molecular complexity index is 775. The molecule has 3 heteroatoms. The molecule has 0 unspecified atom stereocenters. The topological polar surface area (TPSA) is 25.8 Å². The van der Waals surface area contributed by atoms with Gasteiger partial charge in [0.1, 0.15) is 5.15 Å². The standard InChI is InChI=1S/C19H17ClN2/c1-13-8-6-7-11-16(13)19-21-14(2)17(18(20)22-19)12-15-9-4-3-5-10-15/h3-11H,12H2,1-2H3. The maximum atomic E-state index is 6.44. The maximum Gasteiger partial charge on any atom is 0.161 e. The minimum atomic E-state index is 0.537. The number of rotatable bonds is 3. The van der Waals surface area contributed by atoms with Crippen molar-refractivity contribution < 1.29 is 0 Å². The Morgan fingerprint density at radius 2 is 1.55 bits per heavy atom. The average Bonchev–Trinajstić information content (AvgIpc) is 2.52. The van der Waals surface area contributed by atoms with Crippen LogP contribution in [0.3, 0.4) is 0 Å². The van der Waals surface area contributed by atoms with E-state index in [1.54, 1.807) is 0 Å². The molecule has 0 aliphatic heterocycles. The molecule has 0 spiro atoms. The normalized spacial score (nSPS) is 10.7. The van der Waals surface area contributed by atoms with Gasteiger partial charge in [-0.2, -0.15) is 0 Å². The molecule has 0 N–H and O–H groups in total. The summed E-state index contributed by atoms with van der Waals surface area (Å²) in [7, 11) is 0. The highest BCUT2D eigenvalue weighted by Crippen LogP contribution is 2.26. The lowest BCUT2D eigenvalue weighted by atomic mass is 10.0. The number of aromatic nitrogens is 2. The molecule has 0 aliphatic rings. The summed E-state index contributed by atoms with van der Waals surface area (Å²) >= 11 is 6.44. The van der Waals surface area contributed by atoms with Crippen LogP contribution in [0, 0.1) is 13.8 Å². The molecule has 0 aliphatic carbocycles. The Morgan fingerprint density at radius 1 is 0.864 bits per heavy atom. The molecule has 22 heavy (non-hydrogen) atoms. The molecule has 0 amide bonds. The Hall–Kier alpha value is -2.19. The molecule has 0 radical (unpaired) electrons. The summed E-state index contributed by atoms with van der Waals surface area (Å²) in [4.78, 5) is 9.18. The molecular weight excluding hydrogens is 292 g/mol. The predicted molar refractivity (Wildman–Crippen MR) is 91.2 cm³/mol. The zero-order valence-corrected chi connectivity index (χ0v) is 13.4. The van der Waals surface area contributed by atoms with E-state index < -0.39 is 0 Å². The molecule has 2 nitrogen and oxygen atoms in total. The van der Waals surface area contributed by atoms with Crippen LogP contribution in [0.25, 0.3) is 11.4 Å². The van der Waals surface area contributed by atoms with Crippen molar-refractivity contribution in [2.45, 2.75) is 20.3 Å². The second-order valence-corrected chi connectivity index (χ2v) is 5.74. The van der Waals surface area contributed by atoms with E-state index in [1.165, 1.54) is 5.56 Å². The number of halogens is 1. The van der Waals surface area contributed by atoms with Gasteiger partial charge in [-0.1, -0.05) is 66.2 Å². The van der Waals surface area contributed by atoms with Crippen LogP contribution >= 0.6 is 11.6 Å². The van der Waals surface area contributed by atoms with Gasteiger partial charge in [-0.15, -0.1) is 0 Å². The van der Waals surface area contributed by atoms with Crippen molar-refractivity contribution in [1.29, 1.82) is 0 Å². The zero-order chi connectivity index (χ0) is 15.5. The third-order valence-corrected chi connectivity index (χ3v) is 4.09. The summed E-state index contributed by atoms with van der Waals surface area (Å²) in [6.45, 7) is 4.05. The predicted octanol–water partition coefficient (Wildman–Crippen LogP) is 5.00. The molecule has 1 aromatic heterocycles. The first-order valence-corrected chi connectivity index (χ1v) is 7.66. The second-order valence-electron chi connectivity index (χ2n) is 5.38. The molecular formula is C19H17ClN2. The number of nitrogens with zero attached hydrogens (tertiary/aromatic N) is 2. The molecule has 3 aromatic rings. The number of aryl methyl sites for hydroxylation is 2.